The Morgan fingerprint density at radius 2 is 1.95 bits per heavy atom. The summed E-state index contributed by atoms with van der Waals surface area (Å²) in [6.07, 6.45) is 0.603. The van der Waals surface area contributed by atoms with E-state index in [1.165, 1.54) is 18.2 Å². The van der Waals surface area contributed by atoms with E-state index in [-0.39, 0.29) is 18.5 Å². The van der Waals surface area contributed by atoms with Gasteiger partial charge < -0.3 is 10.5 Å². The van der Waals surface area contributed by atoms with Gasteiger partial charge in [-0.1, -0.05) is 29.3 Å². The lowest BCUT2D eigenvalue weighted by Gasteiger charge is -2.15. The number of hydrogen-bond donors (Lipinski definition) is 1. The monoisotopic (exact) mass is 327 g/mol. The fourth-order valence-corrected chi connectivity index (χ4v) is 2.42. The Kier molecular flexibility index (Phi) is 5.45. The average Bonchev–Trinajstić information content (AvgIpc) is 2.42. The van der Waals surface area contributed by atoms with Crippen LogP contribution >= 0.6 is 23.2 Å². The highest BCUT2D eigenvalue weighted by Crippen LogP contribution is 2.29. The second-order valence-corrected chi connectivity index (χ2v) is 5.74. The van der Waals surface area contributed by atoms with Crippen molar-refractivity contribution < 1.29 is 9.13 Å². The Morgan fingerprint density at radius 3 is 2.67 bits per heavy atom. The SMILES string of the molecule is CC(N)Cc1c(Cl)cccc1OCc1cc(F)ccc1Cl. The molecule has 2 aromatic carbocycles. The smallest absolute Gasteiger partial charge is 0.124 e. The van der Waals surface area contributed by atoms with Gasteiger partial charge in [0.05, 0.1) is 0 Å². The van der Waals surface area contributed by atoms with E-state index in [0.29, 0.717) is 27.8 Å². The number of rotatable bonds is 5. The minimum atomic E-state index is -0.347. The maximum atomic E-state index is 13.2. The summed E-state index contributed by atoms with van der Waals surface area (Å²) in [6.45, 7) is 2.07. The van der Waals surface area contributed by atoms with Crippen LogP contribution < -0.4 is 10.5 Å². The summed E-state index contributed by atoms with van der Waals surface area (Å²) in [7, 11) is 0. The molecule has 2 N–H and O–H groups in total. The molecule has 5 heteroatoms. The van der Waals surface area contributed by atoms with Crippen molar-refractivity contribution in [2.24, 2.45) is 5.73 Å². The Hall–Kier alpha value is -1.29. The first-order valence-electron chi connectivity index (χ1n) is 6.57. The number of hydrogen-bond acceptors (Lipinski definition) is 2. The van der Waals surface area contributed by atoms with Gasteiger partial charge in [-0.25, -0.2) is 4.39 Å². The highest BCUT2D eigenvalue weighted by molar-refractivity contribution is 6.31. The first-order valence-corrected chi connectivity index (χ1v) is 7.32. The van der Waals surface area contributed by atoms with Gasteiger partial charge in [-0.2, -0.15) is 0 Å². The number of halogens is 3. The molecule has 0 spiro atoms. The van der Waals surface area contributed by atoms with E-state index in [1.54, 1.807) is 12.1 Å². The number of ether oxygens (including phenoxy) is 1. The maximum absolute atomic E-state index is 13.2. The molecule has 0 amide bonds. The molecule has 0 radical (unpaired) electrons. The van der Waals surface area contributed by atoms with Crippen LogP contribution in [0.2, 0.25) is 10.0 Å². The molecule has 2 nitrogen and oxygen atoms in total. The van der Waals surface area contributed by atoms with Crippen molar-refractivity contribution >= 4 is 23.2 Å². The van der Waals surface area contributed by atoms with Crippen molar-refractivity contribution in [1.29, 1.82) is 0 Å². The summed E-state index contributed by atoms with van der Waals surface area (Å²) in [5.74, 6) is 0.292. The van der Waals surface area contributed by atoms with Crippen LogP contribution in [0.5, 0.6) is 5.75 Å². The topological polar surface area (TPSA) is 35.2 Å². The van der Waals surface area contributed by atoms with Crippen molar-refractivity contribution in [3.8, 4) is 5.75 Å². The minimum absolute atomic E-state index is 0.0370. The summed E-state index contributed by atoms with van der Waals surface area (Å²) in [6, 6.07) is 9.56. The first kappa shape index (κ1) is 16.1. The number of benzene rings is 2. The van der Waals surface area contributed by atoms with Gasteiger partial charge >= 0.3 is 0 Å². The molecule has 0 saturated heterocycles. The lowest BCUT2D eigenvalue weighted by Crippen LogP contribution is -2.18. The van der Waals surface area contributed by atoms with Crippen LogP contribution in [-0.4, -0.2) is 6.04 Å². The van der Waals surface area contributed by atoms with Crippen LogP contribution in [-0.2, 0) is 13.0 Å². The summed E-state index contributed by atoms with van der Waals surface area (Å²) in [4.78, 5) is 0. The molecule has 0 aliphatic rings. The normalized spacial score (nSPS) is 12.2. The van der Waals surface area contributed by atoms with E-state index in [9.17, 15) is 4.39 Å². The molecule has 0 aliphatic carbocycles. The van der Waals surface area contributed by atoms with Gasteiger partial charge in [0, 0.05) is 27.2 Å². The second-order valence-electron chi connectivity index (χ2n) is 4.92. The molecule has 1 atom stereocenters. The van der Waals surface area contributed by atoms with Crippen molar-refractivity contribution in [2.75, 3.05) is 0 Å². The number of nitrogens with two attached hydrogens (primary N) is 1. The molecule has 0 bridgehead atoms. The van der Waals surface area contributed by atoms with Gasteiger partial charge in [-0.3, -0.25) is 0 Å². The maximum Gasteiger partial charge on any atom is 0.124 e. The van der Waals surface area contributed by atoms with Crippen LogP contribution in [0.25, 0.3) is 0 Å². The fraction of sp³-hybridized carbons (Fsp3) is 0.250. The third-order valence-electron chi connectivity index (χ3n) is 2.99. The average molecular weight is 328 g/mol. The van der Waals surface area contributed by atoms with Crippen LogP contribution in [0, 0.1) is 5.82 Å². The van der Waals surface area contributed by atoms with Crippen molar-refractivity contribution in [3.05, 3.63) is 63.4 Å². The van der Waals surface area contributed by atoms with Gasteiger partial charge in [-0.05, 0) is 43.7 Å². The molecule has 0 aromatic heterocycles. The molecule has 112 valence electrons. The van der Waals surface area contributed by atoms with Crippen LogP contribution in [0.15, 0.2) is 36.4 Å². The van der Waals surface area contributed by atoms with Crippen molar-refractivity contribution in [2.45, 2.75) is 26.0 Å². The molecule has 2 rings (SSSR count). The molecule has 0 aliphatic heterocycles. The summed E-state index contributed by atoms with van der Waals surface area (Å²) in [5.41, 5.74) is 7.26. The summed E-state index contributed by atoms with van der Waals surface area (Å²) in [5, 5.41) is 1.07. The molecular formula is C16H16Cl2FNO. The lowest BCUT2D eigenvalue weighted by atomic mass is 10.1. The summed E-state index contributed by atoms with van der Waals surface area (Å²) < 4.78 is 19.0. The Labute approximate surface area is 133 Å². The third kappa shape index (κ3) is 4.34. The van der Waals surface area contributed by atoms with Gasteiger partial charge in [-0.15, -0.1) is 0 Å². The molecule has 0 heterocycles. The van der Waals surface area contributed by atoms with Crippen LogP contribution in [0.1, 0.15) is 18.1 Å². The third-order valence-corrected chi connectivity index (χ3v) is 3.72. The predicted molar refractivity (Wildman–Crippen MR) is 84.5 cm³/mol. The summed E-state index contributed by atoms with van der Waals surface area (Å²) >= 11 is 12.2. The van der Waals surface area contributed by atoms with Crippen molar-refractivity contribution in [1.82, 2.24) is 0 Å². The fourth-order valence-electron chi connectivity index (χ4n) is 2.00. The Morgan fingerprint density at radius 1 is 1.19 bits per heavy atom. The van der Waals surface area contributed by atoms with E-state index in [4.69, 9.17) is 33.7 Å². The quantitative estimate of drug-likeness (QED) is 0.870. The Bertz CT molecular complexity index is 632. The van der Waals surface area contributed by atoms with Crippen LogP contribution in [0.4, 0.5) is 4.39 Å². The van der Waals surface area contributed by atoms with E-state index in [2.05, 4.69) is 0 Å². The van der Waals surface area contributed by atoms with E-state index in [0.717, 1.165) is 5.56 Å². The molecule has 0 fully saturated rings. The first-order chi connectivity index (χ1) is 9.97. The van der Waals surface area contributed by atoms with Gasteiger partial charge in [0.15, 0.2) is 0 Å². The zero-order valence-electron chi connectivity index (χ0n) is 11.6. The molecule has 21 heavy (non-hydrogen) atoms. The molecule has 1 unspecified atom stereocenters. The molecule has 0 saturated carbocycles. The van der Waals surface area contributed by atoms with E-state index < -0.39 is 0 Å². The van der Waals surface area contributed by atoms with Gasteiger partial charge in [0.25, 0.3) is 0 Å². The van der Waals surface area contributed by atoms with Crippen LogP contribution in [0.3, 0.4) is 0 Å². The van der Waals surface area contributed by atoms with Gasteiger partial charge in [0.2, 0.25) is 0 Å². The van der Waals surface area contributed by atoms with Gasteiger partial charge in [0.1, 0.15) is 18.2 Å². The highest BCUT2D eigenvalue weighted by atomic mass is 35.5. The van der Waals surface area contributed by atoms with E-state index >= 15 is 0 Å². The van der Waals surface area contributed by atoms with Crippen molar-refractivity contribution in [3.63, 3.8) is 0 Å². The van der Waals surface area contributed by atoms with E-state index in [1.807, 2.05) is 13.0 Å². The zero-order chi connectivity index (χ0) is 15.4. The highest BCUT2D eigenvalue weighted by Gasteiger charge is 2.11. The second kappa shape index (κ2) is 7.12. The largest absolute Gasteiger partial charge is 0.489 e. The zero-order valence-corrected chi connectivity index (χ0v) is 13.1. The Balaban J connectivity index is 2.20. The molecule has 2 aromatic rings. The molecular weight excluding hydrogens is 312 g/mol. The minimum Gasteiger partial charge on any atom is -0.489 e. The standard InChI is InChI=1S/C16H16Cl2FNO/c1-10(20)7-13-15(18)3-2-4-16(13)21-9-11-8-12(19)5-6-14(11)17/h2-6,8,10H,7,9,20H2,1H3. The predicted octanol–water partition coefficient (Wildman–Crippen LogP) is 4.60. The lowest BCUT2D eigenvalue weighted by molar-refractivity contribution is 0.302.